The third-order valence-electron chi connectivity index (χ3n) is 7.10. The predicted octanol–water partition coefficient (Wildman–Crippen LogP) is 4.19. The van der Waals surface area contributed by atoms with Crippen molar-refractivity contribution >= 4 is 23.7 Å². The van der Waals surface area contributed by atoms with Crippen LogP contribution >= 0.6 is 0 Å². The van der Waals surface area contributed by atoms with E-state index in [1.807, 2.05) is 91.3 Å². The molecular formula is C33H34N6O4. The maximum Gasteiger partial charge on any atom is 0.338 e. The van der Waals surface area contributed by atoms with Gasteiger partial charge in [-0.3, -0.25) is 15.1 Å². The highest BCUT2D eigenvalue weighted by Crippen LogP contribution is 2.22. The van der Waals surface area contributed by atoms with E-state index < -0.39 is 5.97 Å². The van der Waals surface area contributed by atoms with Crippen molar-refractivity contribution in [3.8, 4) is 11.1 Å². The fraction of sp³-hybridized carbons (Fsp3) is 0.242. The number of nitrogens with zero attached hydrogens (tertiary/aromatic N) is 4. The molecule has 3 aromatic carbocycles. The zero-order valence-corrected chi connectivity index (χ0v) is 23.8. The molecule has 10 heteroatoms. The Morgan fingerprint density at radius 2 is 1.44 bits per heavy atom. The number of rotatable bonds is 11. The van der Waals surface area contributed by atoms with E-state index in [9.17, 15) is 9.59 Å². The highest BCUT2D eigenvalue weighted by molar-refractivity contribution is 5.94. The van der Waals surface area contributed by atoms with Gasteiger partial charge in [-0.1, -0.05) is 60.7 Å². The molecule has 1 fully saturated rings. The zero-order chi connectivity index (χ0) is 30.0. The molecule has 2 heterocycles. The molecule has 0 spiro atoms. The van der Waals surface area contributed by atoms with Crippen molar-refractivity contribution in [3.63, 3.8) is 0 Å². The molecule has 0 saturated carbocycles. The number of hydrogen-bond donors (Lipinski definition) is 2. The monoisotopic (exact) mass is 578 g/mol. The van der Waals surface area contributed by atoms with Gasteiger partial charge >= 0.3 is 11.9 Å². The van der Waals surface area contributed by atoms with E-state index in [2.05, 4.69) is 19.8 Å². The van der Waals surface area contributed by atoms with Crippen molar-refractivity contribution in [1.82, 2.24) is 14.9 Å². The summed E-state index contributed by atoms with van der Waals surface area (Å²) < 4.78 is 10.6. The van der Waals surface area contributed by atoms with Crippen LogP contribution in [0.3, 0.4) is 0 Å². The van der Waals surface area contributed by atoms with Gasteiger partial charge in [0.2, 0.25) is 5.95 Å². The fourth-order valence-electron chi connectivity index (χ4n) is 4.76. The van der Waals surface area contributed by atoms with E-state index in [0.29, 0.717) is 11.5 Å². The topological polar surface area (TPSA) is 135 Å². The number of anilines is 1. The van der Waals surface area contributed by atoms with Crippen LogP contribution in [0.25, 0.3) is 11.1 Å². The van der Waals surface area contributed by atoms with E-state index in [-0.39, 0.29) is 31.4 Å². The first-order chi connectivity index (χ1) is 20.9. The Morgan fingerprint density at radius 3 is 2.14 bits per heavy atom. The average Bonchev–Trinajstić information content (AvgIpc) is 3.04. The van der Waals surface area contributed by atoms with E-state index in [4.69, 9.17) is 20.6 Å². The van der Waals surface area contributed by atoms with Gasteiger partial charge in [-0.2, -0.15) is 0 Å². The summed E-state index contributed by atoms with van der Waals surface area (Å²) >= 11 is 0. The summed E-state index contributed by atoms with van der Waals surface area (Å²) in [6.45, 7) is 4.53. The Kier molecular flexibility index (Phi) is 9.71. The lowest BCUT2D eigenvalue weighted by molar-refractivity contribution is -0.143. The van der Waals surface area contributed by atoms with Crippen LogP contribution in [0, 0.1) is 5.41 Å². The molecule has 10 nitrogen and oxygen atoms in total. The molecule has 43 heavy (non-hydrogen) atoms. The first kappa shape index (κ1) is 29.4. The van der Waals surface area contributed by atoms with E-state index in [0.717, 1.165) is 60.5 Å². The second-order valence-corrected chi connectivity index (χ2v) is 10.4. The van der Waals surface area contributed by atoms with Crippen molar-refractivity contribution in [1.29, 1.82) is 5.41 Å². The maximum atomic E-state index is 12.4. The number of esters is 2. The van der Waals surface area contributed by atoms with Crippen molar-refractivity contribution in [3.05, 3.63) is 114 Å². The van der Waals surface area contributed by atoms with Gasteiger partial charge in [-0.05, 0) is 40.5 Å². The predicted molar refractivity (Wildman–Crippen MR) is 163 cm³/mol. The van der Waals surface area contributed by atoms with Crippen LogP contribution in [-0.2, 0) is 34.0 Å². The van der Waals surface area contributed by atoms with Crippen LogP contribution in [0.4, 0.5) is 5.95 Å². The second kappa shape index (κ2) is 14.2. The Labute approximate surface area is 250 Å². The zero-order valence-electron chi connectivity index (χ0n) is 23.8. The third kappa shape index (κ3) is 8.46. The standard InChI is InChI=1S/C33H34N6O4/c34-30(35)18-31(40)42-23-26-7-4-8-28(17-26)29-19-36-33(37-20-29)39-15-13-38(14-16-39)21-24-9-11-27(12-10-24)32(41)43-22-25-5-2-1-3-6-25/h1-12,17,19-20H,13-16,18,21-23H2,(H3,34,35). The molecule has 1 saturated heterocycles. The van der Waals surface area contributed by atoms with Crippen LogP contribution < -0.4 is 10.6 Å². The molecule has 0 unspecified atom stereocenters. The lowest BCUT2D eigenvalue weighted by Crippen LogP contribution is -2.46. The molecular weight excluding hydrogens is 544 g/mol. The Balaban J connectivity index is 1.08. The van der Waals surface area contributed by atoms with Gasteiger partial charge in [0, 0.05) is 50.7 Å². The largest absolute Gasteiger partial charge is 0.460 e. The average molecular weight is 579 g/mol. The molecule has 1 aliphatic heterocycles. The van der Waals surface area contributed by atoms with Gasteiger partial charge in [0.25, 0.3) is 0 Å². The van der Waals surface area contributed by atoms with Crippen LogP contribution in [0.2, 0.25) is 0 Å². The van der Waals surface area contributed by atoms with E-state index in [1.54, 1.807) is 0 Å². The SMILES string of the molecule is N=C(N)CC(=O)OCc1cccc(-c2cnc(N3CCN(Cc4ccc(C(=O)OCc5ccccc5)cc4)CC3)nc2)c1. The number of carbonyl (C=O) groups excluding carboxylic acids is 2. The van der Waals surface area contributed by atoms with Gasteiger partial charge in [0.15, 0.2) is 0 Å². The molecule has 0 atom stereocenters. The van der Waals surface area contributed by atoms with Crippen molar-refractivity contribution in [2.45, 2.75) is 26.2 Å². The molecule has 1 aliphatic rings. The van der Waals surface area contributed by atoms with Gasteiger partial charge in [0.1, 0.15) is 25.5 Å². The molecule has 220 valence electrons. The molecule has 1 aromatic heterocycles. The van der Waals surface area contributed by atoms with Gasteiger partial charge in [-0.25, -0.2) is 14.8 Å². The smallest absolute Gasteiger partial charge is 0.338 e. The third-order valence-corrected chi connectivity index (χ3v) is 7.10. The highest BCUT2D eigenvalue weighted by Gasteiger charge is 2.19. The molecule has 0 amide bonds. The summed E-state index contributed by atoms with van der Waals surface area (Å²) in [5.41, 5.74) is 10.5. The minimum atomic E-state index is -0.527. The second-order valence-electron chi connectivity index (χ2n) is 10.4. The van der Waals surface area contributed by atoms with E-state index >= 15 is 0 Å². The Morgan fingerprint density at radius 1 is 0.767 bits per heavy atom. The molecule has 4 aromatic rings. The molecule has 0 radical (unpaired) electrons. The normalized spacial score (nSPS) is 13.3. The number of benzene rings is 3. The van der Waals surface area contributed by atoms with Crippen LogP contribution in [0.15, 0.2) is 91.3 Å². The number of carbonyl (C=O) groups is 2. The number of nitrogens with one attached hydrogen (secondary N) is 1. The number of amidine groups is 1. The number of aromatic nitrogens is 2. The number of piperazine rings is 1. The first-order valence-electron chi connectivity index (χ1n) is 14.1. The van der Waals surface area contributed by atoms with E-state index in [1.165, 1.54) is 0 Å². The fourth-order valence-corrected chi connectivity index (χ4v) is 4.76. The van der Waals surface area contributed by atoms with Gasteiger partial charge < -0.3 is 20.1 Å². The van der Waals surface area contributed by atoms with Crippen LogP contribution in [0.5, 0.6) is 0 Å². The summed E-state index contributed by atoms with van der Waals surface area (Å²) in [6, 6.07) is 24.9. The minimum Gasteiger partial charge on any atom is -0.460 e. The number of nitrogens with two attached hydrogens (primary N) is 1. The van der Waals surface area contributed by atoms with Crippen LogP contribution in [0.1, 0.15) is 33.5 Å². The summed E-state index contributed by atoms with van der Waals surface area (Å²) in [5, 5.41) is 7.19. The van der Waals surface area contributed by atoms with Crippen LogP contribution in [-0.4, -0.2) is 58.8 Å². The molecule has 5 rings (SSSR count). The molecule has 3 N–H and O–H groups in total. The van der Waals surface area contributed by atoms with Crippen molar-refractivity contribution < 1.29 is 19.1 Å². The van der Waals surface area contributed by atoms with Gasteiger partial charge in [-0.15, -0.1) is 0 Å². The Bertz CT molecular complexity index is 1540. The summed E-state index contributed by atoms with van der Waals surface area (Å²) in [5.74, 6) is -0.381. The maximum absolute atomic E-state index is 12.4. The summed E-state index contributed by atoms with van der Waals surface area (Å²) in [7, 11) is 0. The van der Waals surface area contributed by atoms with Gasteiger partial charge in [0.05, 0.1) is 5.56 Å². The highest BCUT2D eigenvalue weighted by atomic mass is 16.5. The van der Waals surface area contributed by atoms with Crippen molar-refractivity contribution in [2.24, 2.45) is 5.73 Å². The Hall–Kier alpha value is -5.09. The molecule has 0 aliphatic carbocycles. The summed E-state index contributed by atoms with van der Waals surface area (Å²) in [4.78, 5) is 37.9. The summed E-state index contributed by atoms with van der Waals surface area (Å²) in [6.07, 6.45) is 3.40. The minimum absolute atomic E-state index is 0.106. The van der Waals surface area contributed by atoms with Crippen molar-refractivity contribution in [2.75, 3.05) is 31.1 Å². The lowest BCUT2D eigenvalue weighted by Gasteiger charge is -2.34. The molecule has 0 bridgehead atoms. The first-order valence-corrected chi connectivity index (χ1v) is 14.1. The number of hydrogen-bond acceptors (Lipinski definition) is 9. The lowest BCUT2D eigenvalue weighted by atomic mass is 10.1. The quantitative estimate of drug-likeness (QED) is 0.153. The number of ether oxygens (including phenoxy) is 2.